The molecular weight excluding hydrogens is 128 g/mol. The van der Waals surface area contributed by atoms with Crippen LogP contribution in [-0.4, -0.2) is 11.1 Å². The van der Waals surface area contributed by atoms with Gasteiger partial charge in [0.2, 0.25) is 0 Å². The van der Waals surface area contributed by atoms with Crippen LogP contribution in [0, 0.1) is 11.3 Å². The highest BCUT2D eigenvalue weighted by Crippen LogP contribution is 2.29. The van der Waals surface area contributed by atoms with Crippen molar-refractivity contribution in [1.29, 1.82) is 0 Å². The third-order valence-corrected chi connectivity index (χ3v) is 2.45. The number of carboxylic acids is 1. The quantitative estimate of drug-likeness (QED) is 0.659. The van der Waals surface area contributed by atoms with Crippen molar-refractivity contribution in [1.82, 2.24) is 0 Å². The van der Waals surface area contributed by atoms with Gasteiger partial charge in [0.15, 0.2) is 0 Å². The second-order valence-electron chi connectivity index (χ2n) is 3.40. The van der Waals surface area contributed by atoms with Gasteiger partial charge in [-0.3, -0.25) is 4.79 Å². The van der Waals surface area contributed by atoms with E-state index in [1.807, 2.05) is 20.8 Å². The zero-order valence-electron chi connectivity index (χ0n) is 7.14. The lowest BCUT2D eigenvalue weighted by Crippen LogP contribution is -2.27. The van der Waals surface area contributed by atoms with Crippen molar-refractivity contribution in [2.75, 3.05) is 0 Å². The molecule has 0 fully saturated rings. The van der Waals surface area contributed by atoms with Crippen molar-refractivity contribution in [3.05, 3.63) is 0 Å². The Kier molecular flexibility index (Phi) is 2.88. The Labute approximate surface area is 62.2 Å². The minimum atomic E-state index is -0.702. The van der Waals surface area contributed by atoms with Crippen LogP contribution in [0.15, 0.2) is 0 Å². The summed E-state index contributed by atoms with van der Waals surface area (Å²) >= 11 is 0. The van der Waals surface area contributed by atoms with Crippen molar-refractivity contribution in [2.45, 2.75) is 34.1 Å². The van der Waals surface area contributed by atoms with E-state index in [1.165, 1.54) is 0 Å². The van der Waals surface area contributed by atoms with Crippen molar-refractivity contribution < 1.29 is 9.90 Å². The van der Waals surface area contributed by atoms with E-state index in [0.29, 0.717) is 0 Å². The van der Waals surface area contributed by atoms with Gasteiger partial charge in [0.1, 0.15) is 0 Å². The molecule has 0 bridgehead atoms. The first-order chi connectivity index (χ1) is 4.41. The van der Waals surface area contributed by atoms with Gasteiger partial charge in [-0.05, 0) is 5.41 Å². The first-order valence-corrected chi connectivity index (χ1v) is 3.64. The Balaban J connectivity index is 4.17. The topological polar surface area (TPSA) is 37.3 Å². The van der Waals surface area contributed by atoms with Crippen LogP contribution in [0.2, 0.25) is 0 Å². The van der Waals surface area contributed by atoms with Gasteiger partial charge in [0.05, 0.1) is 5.92 Å². The SMILES string of the molecule is CCC(C)(C)[C@H](C)C(=O)O. The van der Waals surface area contributed by atoms with Crippen molar-refractivity contribution in [3.63, 3.8) is 0 Å². The zero-order valence-corrected chi connectivity index (χ0v) is 7.14. The summed E-state index contributed by atoms with van der Waals surface area (Å²) in [6.45, 7) is 7.73. The van der Waals surface area contributed by atoms with Crippen LogP contribution in [-0.2, 0) is 4.79 Å². The Hall–Kier alpha value is -0.530. The Morgan fingerprint density at radius 1 is 1.60 bits per heavy atom. The fourth-order valence-electron chi connectivity index (χ4n) is 0.640. The lowest BCUT2D eigenvalue weighted by atomic mass is 9.78. The predicted molar refractivity (Wildman–Crippen MR) is 40.9 cm³/mol. The van der Waals surface area contributed by atoms with Crippen LogP contribution in [0.3, 0.4) is 0 Å². The maximum atomic E-state index is 10.5. The maximum absolute atomic E-state index is 10.5. The summed E-state index contributed by atoms with van der Waals surface area (Å²) in [5.41, 5.74) is -0.0775. The molecule has 0 aliphatic carbocycles. The molecule has 0 heterocycles. The molecule has 1 atom stereocenters. The van der Waals surface area contributed by atoms with Crippen LogP contribution in [0.1, 0.15) is 34.1 Å². The molecule has 60 valence electrons. The fourth-order valence-corrected chi connectivity index (χ4v) is 0.640. The summed E-state index contributed by atoms with van der Waals surface area (Å²) in [4.78, 5) is 10.5. The maximum Gasteiger partial charge on any atom is 0.306 e. The molecule has 0 aromatic rings. The van der Waals surface area contributed by atoms with Gasteiger partial charge in [-0.1, -0.05) is 34.1 Å². The van der Waals surface area contributed by atoms with Gasteiger partial charge >= 0.3 is 5.97 Å². The summed E-state index contributed by atoms with van der Waals surface area (Å²) in [7, 11) is 0. The van der Waals surface area contributed by atoms with Gasteiger partial charge in [-0.15, -0.1) is 0 Å². The molecule has 2 heteroatoms. The largest absolute Gasteiger partial charge is 0.481 e. The highest BCUT2D eigenvalue weighted by atomic mass is 16.4. The summed E-state index contributed by atoms with van der Waals surface area (Å²) in [6.07, 6.45) is 0.903. The summed E-state index contributed by atoms with van der Waals surface area (Å²) in [5.74, 6) is -0.954. The van der Waals surface area contributed by atoms with E-state index in [0.717, 1.165) is 6.42 Å². The molecule has 0 radical (unpaired) electrons. The van der Waals surface area contributed by atoms with Crippen molar-refractivity contribution >= 4 is 5.97 Å². The number of hydrogen-bond donors (Lipinski definition) is 1. The van der Waals surface area contributed by atoms with Crippen molar-refractivity contribution in [2.24, 2.45) is 11.3 Å². The predicted octanol–water partition coefficient (Wildman–Crippen LogP) is 2.14. The van der Waals surface area contributed by atoms with Crippen molar-refractivity contribution in [3.8, 4) is 0 Å². The van der Waals surface area contributed by atoms with E-state index >= 15 is 0 Å². The van der Waals surface area contributed by atoms with Gasteiger partial charge in [0.25, 0.3) is 0 Å². The molecule has 0 aromatic carbocycles. The average Bonchev–Trinajstić information content (AvgIpc) is 1.86. The van der Waals surface area contributed by atoms with Crippen LogP contribution in [0.4, 0.5) is 0 Å². The average molecular weight is 144 g/mol. The van der Waals surface area contributed by atoms with Gasteiger partial charge < -0.3 is 5.11 Å². The highest BCUT2D eigenvalue weighted by Gasteiger charge is 2.28. The molecule has 0 aliphatic rings. The van der Waals surface area contributed by atoms with Crippen LogP contribution < -0.4 is 0 Å². The van der Waals surface area contributed by atoms with E-state index < -0.39 is 5.97 Å². The molecule has 0 unspecified atom stereocenters. The molecule has 0 aliphatic heterocycles. The smallest absolute Gasteiger partial charge is 0.306 e. The van der Waals surface area contributed by atoms with Crippen LogP contribution in [0.25, 0.3) is 0 Å². The third kappa shape index (κ3) is 2.01. The minimum absolute atomic E-state index is 0.0775. The highest BCUT2D eigenvalue weighted by molar-refractivity contribution is 5.70. The molecule has 0 aromatic heterocycles. The summed E-state index contributed by atoms with van der Waals surface area (Å²) in [5, 5.41) is 8.65. The molecule has 0 saturated heterocycles. The first kappa shape index (κ1) is 9.47. The van der Waals surface area contributed by atoms with E-state index in [9.17, 15) is 4.79 Å². The number of aliphatic carboxylic acids is 1. The number of carboxylic acid groups (broad SMARTS) is 1. The Bertz CT molecular complexity index is 127. The molecule has 0 amide bonds. The molecule has 1 N–H and O–H groups in total. The van der Waals surface area contributed by atoms with E-state index in [2.05, 4.69) is 0 Å². The first-order valence-electron chi connectivity index (χ1n) is 3.64. The number of carbonyl (C=O) groups is 1. The number of hydrogen-bond acceptors (Lipinski definition) is 1. The van der Waals surface area contributed by atoms with Crippen LogP contribution >= 0.6 is 0 Å². The van der Waals surface area contributed by atoms with Gasteiger partial charge in [0, 0.05) is 0 Å². The monoisotopic (exact) mass is 144 g/mol. The molecule has 2 nitrogen and oxygen atoms in total. The standard InChI is InChI=1S/C8H16O2/c1-5-8(3,4)6(2)7(9)10/h6H,5H2,1-4H3,(H,9,10)/t6-/m1/s1. The van der Waals surface area contributed by atoms with Gasteiger partial charge in [-0.2, -0.15) is 0 Å². The minimum Gasteiger partial charge on any atom is -0.481 e. The van der Waals surface area contributed by atoms with Gasteiger partial charge in [-0.25, -0.2) is 0 Å². The zero-order chi connectivity index (χ0) is 8.36. The second kappa shape index (κ2) is 3.04. The third-order valence-electron chi connectivity index (χ3n) is 2.45. The van der Waals surface area contributed by atoms with E-state index in [4.69, 9.17) is 5.11 Å². The normalized spacial score (nSPS) is 14.8. The van der Waals surface area contributed by atoms with E-state index in [1.54, 1.807) is 6.92 Å². The molecule has 0 spiro atoms. The summed E-state index contributed by atoms with van der Waals surface area (Å²) < 4.78 is 0. The lowest BCUT2D eigenvalue weighted by molar-refractivity contribution is -0.145. The molecule has 0 saturated carbocycles. The number of rotatable bonds is 3. The fraction of sp³-hybridized carbons (Fsp3) is 0.875. The summed E-state index contributed by atoms with van der Waals surface area (Å²) in [6, 6.07) is 0. The molecule has 10 heavy (non-hydrogen) atoms. The van der Waals surface area contributed by atoms with E-state index in [-0.39, 0.29) is 11.3 Å². The Morgan fingerprint density at radius 3 is 2.10 bits per heavy atom. The van der Waals surface area contributed by atoms with Crippen LogP contribution in [0.5, 0.6) is 0 Å². The second-order valence-corrected chi connectivity index (χ2v) is 3.40. The Morgan fingerprint density at radius 2 is 2.00 bits per heavy atom. The lowest BCUT2D eigenvalue weighted by Gasteiger charge is -2.26. The molecular formula is C8H16O2. The molecule has 0 rings (SSSR count).